The third-order valence-corrected chi connectivity index (χ3v) is 3.99. The summed E-state index contributed by atoms with van der Waals surface area (Å²) in [6.07, 6.45) is 2.53. The van der Waals surface area contributed by atoms with Crippen LogP contribution in [0.1, 0.15) is 50.0 Å². The van der Waals surface area contributed by atoms with Crippen LogP contribution in [0.5, 0.6) is 11.6 Å². The number of esters is 1. The molecule has 0 aliphatic rings. The van der Waals surface area contributed by atoms with Gasteiger partial charge in [-0.05, 0) is 42.5 Å². The van der Waals surface area contributed by atoms with Crippen molar-refractivity contribution in [3.05, 3.63) is 53.7 Å². The topological polar surface area (TPSA) is 48.4 Å². The normalized spacial score (nSPS) is 11.1. The molecule has 2 rings (SSSR count). The summed E-state index contributed by atoms with van der Waals surface area (Å²) in [5, 5.41) is 0. The molecule has 4 heteroatoms. The molecule has 0 aliphatic heterocycles. The standard InChI is InChI=1S/C19H23NO3/c1-5-19(3,4)15-8-10-16(11-9-15)23-17-12-7-14(13-20-17)18(21)22-6-2/h7-13H,5-6H2,1-4H3. The zero-order valence-electron chi connectivity index (χ0n) is 14.1. The first kappa shape index (κ1) is 17.0. The number of nitrogens with zero attached hydrogens (tertiary/aromatic N) is 1. The van der Waals surface area contributed by atoms with Crippen molar-refractivity contribution in [2.45, 2.75) is 39.5 Å². The molecule has 0 fully saturated rings. The lowest BCUT2D eigenvalue weighted by atomic mass is 9.82. The summed E-state index contributed by atoms with van der Waals surface area (Å²) in [7, 11) is 0. The summed E-state index contributed by atoms with van der Waals surface area (Å²) in [4.78, 5) is 15.7. The lowest BCUT2D eigenvalue weighted by Gasteiger charge is -2.23. The third-order valence-electron chi connectivity index (χ3n) is 3.99. The summed E-state index contributed by atoms with van der Waals surface area (Å²) >= 11 is 0. The Morgan fingerprint density at radius 3 is 2.30 bits per heavy atom. The van der Waals surface area contributed by atoms with Gasteiger partial charge in [0, 0.05) is 12.3 Å². The highest BCUT2D eigenvalue weighted by Crippen LogP contribution is 2.29. The lowest BCUT2D eigenvalue weighted by Crippen LogP contribution is -2.14. The van der Waals surface area contributed by atoms with Crippen molar-refractivity contribution in [2.75, 3.05) is 6.61 Å². The Kier molecular flexibility index (Phi) is 5.37. The predicted molar refractivity (Wildman–Crippen MR) is 90.0 cm³/mol. The quantitative estimate of drug-likeness (QED) is 0.723. The predicted octanol–water partition coefficient (Wildman–Crippen LogP) is 4.74. The van der Waals surface area contributed by atoms with Crippen molar-refractivity contribution in [1.82, 2.24) is 4.98 Å². The second-order valence-corrected chi connectivity index (χ2v) is 5.97. The molecule has 0 atom stereocenters. The van der Waals surface area contributed by atoms with Crippen molar-refractivity contribution in [3.63, 3.8) is 0 Å². The van der Waals surface area contributed by atoms with E-state index in [1.54, 1.807) is 19.1 Å². The van der Waals surface area contributed by atoms with Gasteiger partial charge in [0.25, 0.3) is 0 Å². The summed E-state index contributed by atoms with van der Waals surface area (Å²) in [5.74, 6) is 0.787. The molecule has 1 heterocycles. The fraction of sp³-hybridized carbons (Fsp3) is 0.368. The summed E-state index contributed by atoms with van der Waals surface area (Å²) in [5.41, 5.74) is 1.84. The summed E-state index contributed by atoms with van der Waals surface area (Å²) in [6.45, 7) is 8.74. The lowest BCUT2D eigenvalue weighted by molar-refractivity contribution is 0.0526. The van der Waals surface area contributed by atoms with E-state index in [0.717, 1.165) is 12.2 Å². The highest BCUT2D eigenvalue weighted by Gasteiger charge is 2.17. The van der Waals surface area contributed by atoms with Crippen LogP contribution in [0.25, 0.3) is 0 Å². The number of rotatable bonds is 6. The molecule has 0 amide bonds. The molecule has 0 saturated carbocycles. The van der Waals surface area contributed by atoms with Gasteiger partial charge in [0.2, 0.25) is 5.88 Å². The number of pyridine rings is 1. The van der Waals surface area contributed by atoms with E-state index < -0.39 is 0 Å². The minimum atomic E-state index is -0.377. The average molecular weight is 313 g/mol. The summed E-state index contributed by atoms with van der Waals surface area (Å²) in [6, 6.07) is 11.3. The van der Waals surface area contributed by atoms with Crippen LogP contribution >= 0.6 is 0 Å². The maximum Gasteiger partial charge on any atom is 0.339 e. The van der Waals surface area contributed by atoms with Gasteiger partial charge in [-0.3, -0.25) is 0 Å². The van der Waals surface area contributed by atoms with Crippen LogP contribution in [0, 0.1) is 0 Å². The van der Waals surface area contributed by atoms with Crippen molar-refractivity contribution >= 4 is 5.97 Å². The molecule has 0 aliphatic carbocycles. The van der Waals surface area contributed by atoms with E-state index in [-0.39, 0.29) is 11.4 Å². The second kappa shape index (κ2) is 7.27. The largest absolute Gasteiger partial charge is 0.462 e. The Morgan fingerprint density at radius 1 is 1.09 bits per heavy atom. The first-order valence-electron chi connectivity index (χ1n) is 7.88. The van der Waals surface area contributed by atoms with Gasteiger partial charge in [-0.15, -0.1) is 0 Å². The van der Waals surface area contributed by atoms with Crippen LogP contribution in [0.2, 0.25) is 0 Å². The van der Waals surface area contributed by atoms with Crippen LogP contribution in [-0.4, -0.2) is 17.6 Å². The fourth-order valence-corrected chi connectivity index (χ4v) is 2.07. The molecule has 0 N–H and O–H groups in total. The van der Waals surface area contributed by atoms with E-state index in [0.29, 0.717) is 18.1 Å². The molecule has 0 unspecified atom stereocenters. The van der Waals surface area contributed by atoms with Crippen LogP contribution in [0.3, 0.4) is 0 Å². The number of aromatic nitrogens is 1. The van der Waals surface area contributed by atoms with Gasteiger partial charge < -0.3 is 9.47 Å². The molecule has 1 aromatic carbocycles. The highest BCUT2D eigenvalue weighted by molar-refractivity contribution is 5.89. The zero-order chi connectivity index (χ0) is 16.9. The Morgan fingerprint density at radius 2 is 1.78 bits per heavy atom. The zero-order valence-corrected chi connectivity index (χ0v) is 14.1. The molecular weight excluding hydrogens is 290 g/mol. The number of benzene rings is 1. The fourth-order valence-electron chi connectivity index (χ4n) is 2.07. The van der Waals surface area contributed by atoms with Crippen molar-refractivity contribution < 1.29 is 14.3 Å². The van der Waals surface area contributed by atoms with Crippen LogP contribution in [-0.2, 0) is 10.2 Å². The van der Waals surface area contributed by atoms with E-state index in [1.807, 2.05) is 12.1 Å². The molecule has 0 radical (unpaired) electrons. The molecular formula is C19H23NO3. The van der Waals surface area contributed by atoms with E-state index >= 15 is 0 Å². The van der Waals surface area contributed by atoms with Crippen LogP contribution < -0.4 is 4.74 Å². The third kappa shape index (κ3) is 4.31. The Hall–Kier alpha value is -2.36. The van der Waals surface area contributed by atoms with E-state index in [1.165, 1.54) is 11.8 Å². The second-order valence-electron chi connectivity index (χ2n) is 5.97. The minimum Gasteiger partial charge on any atom is -0.462 e. The molecule has 4 nitrogen and oxygen atoms in total. The number of carbonyl (C=O) groups is 1. The minimum absolute atomic E-state index is 0.151. The molecule has 122 valence electrons. The summed E-state index contributed by atoms with van der Waals surface area (Å²) < 4.78 is 10.6. The number of carbonyl (C=O) groups excluding carboxylic acids is 1. The van der Waals surface area contributed by atoms with E-state index in [9.17, 15) is 4.79 Å². The van der Waals surface area contributed by atoms with E-state index in [4.69, 9.17) is 9.47 Å². The highest BCUT2D eigenvalue weighted by atomic mass is 16.5. The Balaban J connectivity index is 2.06. The van der Waals surface area contributed by atoms with Gasteiger partial charge in [0.05, 0.1) is 12.2 Å². The van der Waals surface area contributed by atoms with E-state index in [2.05, 4.69) is 37.9 Å². The average Bonchev–Trinajstić information content (AvgIpc) is 2.56. The monoisotopic (exact) mass is 313 g/mol. The maximum atomic E-state index is 11.6. The van der Waals surface area contributed by atoms with Gasteiger partial charge in [0.1, 0.15) is 5.75 Å². The molecule has 0 saturated heterocycles. The smallest absolute Gasteiger partial charge is 0.339 e. The maximum absolute atomic E-state index is 11.6. The number of hydrogen-bond donors (Lipinski definition) is 0. The van der Waals surface area contributed by atoms with Gasteiger partial charge >= 0.3 is 5.97 Å². The molecule has 1 aromatic heterocycles. The molecule has 23 heavy (non-hydrogen) atoms. The first-order valence-corrected chi connectivity index (χ1v) is 7.88. The van der Waals surface area contributed by atoms with Crippen molar-refractivity contribution in [2.24, 2.45) is 0 Å². The van der Waals surface area contributed by atoms with Crippen molar-refractivity contribution in [1.29, 1.82) is 0 Å². The molecule has 0 bridgehead atoms. The first-order chi connectivity index (χ1) is 11.0. The van der Waals surface area contributed by atoms with Crippen molar-refractivity contribution in [3.8, 4) is 11.6 Å². The Labute approximate surface area is 137 Å². The van der Waals surface area contributed by atoms with Gasteiger partial charge in [0.15, 0.2) is 0 Å². The number of hydrogen-bond acceptors (Lipinski definition) is 4. The Bertz CT molecular complexity index is 645. The van der Waals surface area contributed by atoms with Gasteiger partial charge in [-0.1, -0.05) is 32.9 Å². The van der Waals surface area contributed by atoms with Gasteiger partial charge in [-0.2, -0.15) is 0 Å². The SMILES string of the molecule is CCOC(=O)c1ccc(Oc2ccc(C(C)(C)CC)cc2)nc1. The number of ether oxygens (including phenoxy) is 2. The van der Waals surface area contributed by atoms with Gasteiger partial charge in [-0.25, -0.2) is 9.78 Å². The molecule has 0 spiro atoms. The van der Waals surface area contributed by atoms with Crippen LogP contribution in [0.4, 0.5) is 0 Å². The molecule has 2 aromatic rings. The van der Waals surface area contributed by atoms with Crippen LogP contribution in [0.15, 0.2) is 42.6 Å².